The van der Waals surface area contributed by atoms with Gasteiger partial charge in [-0.3, -0.25) is 0 Å². The zero-order valence-corrected chi connectivity index (χ0v) is 10.3. The van der Waals surface area contributed by atoms with Crippen molar-refractivity contribution in [3.63, 3.8) is 0 Å². The van der Waals surface area contributed by atoms with Gasteiger partial charge in [-0.1, -0.05) is 82.4 Å². The lowest BCUT2D eigenvalue weighted by atomic mass is 10.1. The van der Waals surface area contributed by atoms with Crippen LogP contribution in [0.3, 0.4) is 0 Å². The van der Waals surface area contributed by atoms with Crippen LogP contribution < -0.4 is 0 Å². The maximum absolute atomic E-state index is 3.62. The molecule has 0 aliphatic carbocycles. The van der Waals surface area contributed by atoms with Crippen LogP contribution in [0.5, 0.6) is 0 Å². The van der Waals surface area contributed by atoms with E-state index in [0.29, 0.717) is 0 Å². The topological polar surface area (TPSA) is 0 Å². The minimum atomic E-state index is 1.22. The summed E-state index contributed by atoms with van der Waals surface area (Å²) >= 11 is 0. The van der Waals surface area contributed by atoms with Crippen LogP contribution in [0.4, 0.5) is 0 Å². The molecule has 0 N–H and O–H groups in total. The molecule has 15 heavy (non-hydrogen) atoms. The van der Waals surface area contributed by atoms with Gasteiger partial charge in [0.15, 0.2) is 0 Å². The van der Waals surface area contributed by atoms with Gasteiger partial charge in [0.05, 0.1) is 0 Å². The van der Waals surface area contributed by atoms with Crippen molar-refractivity contribution in [3.8, 4) is 0 Å². The SMILES string of the molecule is C=C/C=C/C=C/CCCCCCCCC. The van der Waals surface area contributed by atoms with Gasteiger partial charge < -0.3 is 0 Å². The van der Waals surface area contributed by atoms with Crippen LogP contribution in [0.25, 0.3) is 0 Å². The Hall–Kier alpha value is -0.780. The Bertz CT molecular complexity index is 174. The van der Waals surface area contributed by atoms with E-state index in [4.69, 9.17) is 0 Å². The van der Waals surface area contributed by atoms with Crippen LogP contribution in [0.2, 0.25) is 0 Å². The fourth-order valence-electron chi connectivity index (χ4n) is 1.54. The Balaban J connectivity index is 3.07. The molecule has 0 heterocycles. The molecule has 0 rings (SSSR count). The van der Waals surface area contributed by atoms with Crippen molar-refractivity contribution in [2.24, 2.45) is 0 Å². The van der Waals surface area contributed by atoms with Gasteiger partial charge in [0.1, 0.15) is 0 Å². The van der Waals surface area contributed by atoms with E-state index >= 15 is 0 Å². The molecule has 0 aliphatic heterocycles. The number of hydrogen-bond donors (Lipinski definition) is 0. The molecular weight excluding hydrogens is 180 g/mol. The second-order valence-corrected chi connectivity index (χ2v) is 3.96. The summed E-state index contributed by atoms with van der Waals surface area (Å²) in [6.45, 7) is 5.89. The fraction of sp³-hybridized carbons (Fsp3) is 0.600. The first-order valence-corrected chi connectivity index (χ1v) is 6.36. The molecular formula is C15H26. The van der Waals surface area contributed by atoms with Gasteiger partial charge in [0, 0.05) is 0 Å². The van der Waals surface area contributed by atoms with Gasteiger partial charge >= 0.3 is 0 Å². The standard InChI is InChI=1S/C15H26/c1-3-5-7-9-11-13-15-14-12-10-8-6-4-2/h3,5,7,9,11H,1,4,6,8,10,12-15H2,2H3/b7-5+,11-9+. The first kappa shape index (κ1) is 14.2. The molecule has 0 atom stereocenters. The van der Waals surface area contributed by atoms with Gasteiger partial charge in [-0.2, -0.15) is 0 Å². The molecule has 0 fully saturated rings. The Morgan fingerprint density at radius 2 is 1.47 bits per heavy atom. The maximum Gasteiger partial charge on any atom is -0.0348 e. The third-order valence-corrected chi connectivity index (χ3v) is 2.47. The number of allylic oxidation sites excluding steroid dienone is 5. The monoisotopic (exact) mass is 206 g/mol. The highest BCUT2D eigenvalue weighted by molar-refractivity contribution is 5.08. The minimum absolute atomic E-state index is 1.22. The van der Waals surface area contributed by atoms with Crippen LogP contribution in [0.1, 0.15) is 58.3 Å². The minimum Gasteiger partial charge on any atom is -0.0991 e. The zero-order valence-electron chi connectivity index (χ0n) is 10.3. The third-order valence-electron chi connectivity index (χ3n) is 2.47. The summed E-state index contributed by atoms with van der Waals surface area (Å²) in [5, 5.41) is 0. The van der Waals surface area contributed by atoms with Gasteiger partial charge in [0.2, 0.25) is 0 Å². The van der Waals surface area contributed by atoms with Crippen molar-refractivity contribution >= 4 is 0 Å². The average molecular weight is 206 g/mol. The Labute approximate surface area is 95.8 Å². The van der Waals surface area contributed by atoms with Crippen LogP contribution in [-0.2, 0) is 0 Å². The van der Waals surface area contributed by atoms with E-state index in [1.165, 1.54) is 51.4 Å². The molecule has 0 amide bonds. The smallest absolute Gasteiger partial charge is 0.0348 e. The predicted octanol–water partition coefficient (Wildman–Crippen LogP) is 5.43. The number of rotatable bonds is 10. The Kier molecular flexibility index (Phi) is 12.5. The molecule has 86 valence electrons. The summed E-state index contributed by atoms with van der Waals surface area (Å²) < 4.78 is 0. The quantitative estimate of drug-likeness (QED) is 0.330. The van der Waals surface area contributed by atoms with Crippen LogP contribution >= 0.6 is 0 Å². The van der Waals surface area contributed by atoms with Gasteiger partial charge in [-0.15, -0.1) is 0 Å². The highest BCUT2D eigenvalue weighted by Gasteiger charge is 1.88. The second-order valence-electron chi connectivity index (χ2n) is 3.96. The summed E-state index contributed by atoms with van der Waals surface area (Å²) in [5.74, 6) is 0. The molecule has 0 aromatic carbocycles. The number of unbranched alkanes of at least 4 members (excludes halogenated alkanes) is 7. The third kappa shape index (κ3) is 13.2. The van der Waals surface area contributed by atoms with Gasteiger partial charge in [-0.25, -0.2) is 0 Å². The first-order valence-electron chi connectivity index (χ1n) is 6.36. The first-order chi connectivity index (χ1) is 7.41. The van der Waals surface area contributed by atoms with E-state index in [2.05, 4.69) is 25.7 Å². The Morgan fingerprint density at radius 3 is 2.13 bits per heavy atom. The molecule has 0 bridgehead atoms. The molecule has 0 aromatic rings. The molecule has 0 heteroatoms. The maximum atomic E-state index is 3.62. The van der Waals surface area contributed by atoms with Crippen molar-refractivity contribution in [1.82, 2.24) is 0 Å². The summed E-state index contributed by atoms with van der Waals surface area (Å²) in [4.78, 5) is 0. The molecule has 0 nitrogen and oxygen atoms in total. The van der Waals surface area contributed by atoms with Crippen LogP contribution in [0, 0.1) is 0 Å². The highest BCUT2D eigenvalue weighted by atomic mass is 13.9. The lowest BCUT2D eigenvalue weighted by Gasteiger charge is -1.98. The van der Waals surface area contributed by atoms with E-state index in [1.54, 1.807) is 6.08 Å². The molecule has 0 spiro atoms. The zero-order chi connectivity index (χ0) is 11.2. The molecule has 0 aromatic heterocycles. The molecule has 0 saturated heterocycles. The fourth-order valence-corrected chi connectivity index (χ4v) is 1.54. The molecule has 0 radical (unpaired) electrons. The van der Waals surface area contributed by atoms with Crippen molar-refractivity contribution in [2.45, 2.75) is 58.3 Å². The van der Waals surface area contributed by atoms with E-state index in [0.717, 1.165) is 0 Å². The van der Waals surface area contributed by atoms with Crippen molar-refractivity contribution in [1.29, 1.82) is 0 Å². The molecule has 0 unspecified atom stereocenters. The summed E-state index contributed by atoms with van der Waals surface area (Å²) in [6.07, 6.45) is 21.1. The van der Waals surface area contributed by atoms with Crippen molar-refractivity contribution in [3.05, 3.63) is 37.0 Å². The second kappa shape index (κ2) is 13.2. The summed E-state index contributed by atoms with van der Waals surface area (Å²) in [7, 11) is 0. The van der Waals surface area contributed by atoms with E-state index < -0.39 is 0 Å². The lowest BCUT2D eigenvalue weighted by molar-refractivity contribution is 0.592. The van der Waals surface area contributed by atoms with Crippen LogP contribution in [-0.4, -0.2) is 0 Å². The highest BCUT2D eigenvalue weighted by Crippen LogP contribution is 2.08. The largest absolute Gasteiger partial charge is 0.0991 e. The summed E-state index contributed by atoms with van der Waals surface area (Å²) in [6, 6.07) is 0. The van der Waals surface area contributed by atoms with Crippen LogP contribution in [0.15, 0.2) is 37.0 Å². The van der Waals surface area contributed by atoms with Gasteiger partial charge in [0.25, 0.3) is 0 Å². The predicted molar refractivity (Wildman–Crippen MR) is 71.1 cm³/mol. The molecule has 0 aliphatic rings. The van der Waals surface area contributed by atoms with E-state index in [-0.39, 0.29) is 0 Å². The summed E-state index contributed by atoms with van der Waals surface area (Å²) in [5.41, 5.74) is 0. The number of hydrogen-bond acceptors (Lipinski definition) is 0. The van der Waals surface area contributed by atoms with E-state index in [1.807, 2.05) is 12.2 Å². The van der Waals surface area contributed by atoms with Crippen molar-refractivity contribution in [2.75, 3.05) is 0 Å². The Morgan fingerprint density at radius 1 is 0.800 bits per heavy atom. The normalized spacial score (nSPS) is 11.5. The van der Waals surface area contributed by atoms with E-state index in [9.17, 15) is 0 Å². The van der Waals surface area contributed by atoms with Crippen molar-refractivity contribution < 1.29 is 0 Å². The van der Waals surface area contributed by atoms with Gasteiger partial charge in [-0.05, 0) is 12.8 Å². The average Bonchev–Trinajstić information content (AvgIpc) is 2.26. The lowest BCUT2D eigenvalue weighted by Crippen LogP contribution is -1.78. The molecule has 0 saturated carbocycles.